The summed E-state index contributed by atoms with van der Waals surface area (Å²) < 4.78 is 27.4. The molecule has 1 fully saturated rings. The van der Waals surface area contributed by atoms with E-state index in [1.165, 1.54) is 13.0 Å². The molecule has 0 aliphatic carbocycles. The van der Waals surface area contributed by atoms with Crippen LogP contribution in [0.5, 0.6) is 0 Å². The minimum absolute atomic E-state index is 0.00474. The maximum atomic E-state index is 12.9. The lowest BCUT2D eigenvalue weighted by Crippen LogP contribution is -2.31. The van der Waals surface area contributed by atoms with Crippen molar-refractivity contribution in [1.82, 2.24) is 9.21 Å². The van der Waals surface area contributed by atoms with Gasteiger partial charge < -0.3 is 10.2 Å². The topological polar surface area (TPSA) is 86.8 Å². The van der Waals surface area contributed by atoms with Gasteiger partial charge in [0.1, 0.15) is 0 Å². The minimum Gasteiger partial charge on any atom is -0.339 e. The first-order valence-corrected chi connectivity index (χ1v) is 13.2. The van der Waals surface area contributed by atoms with Crippen molar-refractivity contribution < 1.29 is 18.0 Å². The second-order valence-corrected chi connectivity index (χ2v) is 10.4. The molecule has 0 atom stereocenters. The summed E-state index contributed by atoms with van der Waals surface area (Å²) >= 11 is 0. The highest BCUT2D eigenvalue weighted by atomic mass is 32.2. The zero-order valence-corrected chi connectivity index (χ0v) is 20.7. The number of sulfonamides is 1. The van der Waals surface area contributed by atoms with Crippen molar-refractivity contribution >= 4 is 33.6 Å². The summed E-state index contributed by atoms with van der Waals surface area (Å²) in [7, 11) is -3.49. The Bertz CT molecular complexity index is 1120. The minimum atomic E-state index is -3.49. The molecule has 1 aliphatic rings. The quantitative estimate of drug-likeness (QED) is 0.568. The van der Waals surface area contributed by atoms with Gasteiger partial charge in [-0.3, -0.25) is 9.59 Å². The molecule has 0 bridgehead atoms. The molecule has 1 aliphatic heterocycles. The Morgan fingerprint density at radius 3 is 2.32 bits per heavy atom. The van der Waals surface area contributed by atoms with Gasteiger partial charge in [0.2, 0.25) is 21.8 Å². The molecule has 3 rings (SSSR count). The highest BCUT2D eigenvalue weighted by Gasteiger charge is 2.24. The van der Waals surface area contributed by atoms with Crippen LogP contribution in [0.1, 0.15) is 50.7 Å². The Hall–Kier alpha value is -2.97. The summed E-state index contributed by atoms with van der Waals surface area (Å²) in [6.45, 7) is 5.70. The predicted molar refractivity (Wildman–Crippen MR) is 135 cm³/mol. The van der Waals surface area contributed by atoms with E-state index >= 15 is 0 Å². The zero-order chi connectivity index (χ0) is 24.6. The van der Waals surface area contributed by atoms with Crippen LogP contribution in [-0.4, -0.2) is 49.1 Å². The van der Waals surface area contributed by atoms with E-state index in [1.807, 2.05) is 25.1 Å². The molecule has 0 unspecified atom stereocenters. The highest BCUT2D eigenvalue weighted by molar-refractivity contribution is 7.89. The zero-order valence-electron chi connectivity index (χ0n) is 19.9. The molecule has 182 valence electrons. The molecule has 2 aromatic rings. The standard InChI is InChI=1S/C26H33N3O4S/c1-3-28(21(2)30)20-23-9-8-10-24(19-23)27-26(31)16-13-22-11-14-25(15-12-22)34(32,33)29-17-6-4-5-7-18-29/h8-16,19H,3-7,17-18,20H2,1-2H3,(H,27,31)/b16-13+. The molecule has 8 heteroatoms. The summed E-state index contributed by atoms with van der Waals surface area (Å²) in [5, 5.41) is 2.83. The van der Waals surface area contributed by atoms with Crippen LogP contribution in [0, 0.1) is 0 Å². The number of anilines is 1. The average molecular weight is 484 g/mol. The van der Waals surface area contributed by atoms with Gasteiger partial charge >= 0.3 is 0 Å². The van der Waals surface area contributed by atoms with Crippen molar-refractivity contribution in [2.24, 2.45) is 0 Å². The Labute approximate surface area is 202 Å². The van der Waals surface area contributed by atoms with Crippen LogP contribution < -0.4 is 5.32 Å². The largest absolute Gasteiger partial charge is 0.339 e. The van der Waals surface area contributed by atoms with E-state index in [4.69, 9.17) is 0 Å². The SMILES string of the molecule is CCN(Cc1cccc(NC(=O)/C=C/c2ccc(S(=O)(=O)N3CCCCCC3)cc2)c1)C(C)=O. The van der Waals surface area contributed by atoms with Crippen LogP contribution in [0.25, 0.3) is 6.08 Å². The Morgan fingerprint density at radius 2 is 1.71 bits per heavy atom. The van der Waals surface area contributed by atoms with E-state index in [0.717, 1.165) is 36.8 Å². The van der Waals surface area contributed by atoms with Gasteiger partial charge in [0.15, 0.2) is 0 Å². The monoisotopic (exact) mass is 483 g/mol. The van der Waals surface area contributed by atoms with E-state index < -0.39 is 10.0 Å². The molecule has 1 heterocycles. The summed E-state index contributed by atoms with van der Waals surface area (Å²) in [6.07, 6.45) is 6.99. The van der Waals surface area contributed by atoms with Crippen LogP contribution in [0.15, 0.2) is 59.5 Å². The summed E-state index contributed by atoms with van der Waals surface area (Å²) in [5.41, 5.74) is 2.31. The Balaban J connectivity index is 1.61. The number of carbonyl (C=O) groups is 2. The second-order valence-electron chi connectivity index (χ2n) is 8.44. The fourth-order valence-corrected chi connectivity index (χ4v) is 5.47. The lowest BCUT2D eigenvalue weighted by molar-refractivity contribution is -0.129. The van der Waals surface area contributed by atoms with E-state index in [-0.39, 0.29) is 16.7 Å². The summed E-state index contributed by atoms with van der Waals surface area (Å²) in [5.74, 6) is -0.289. The molecule has 1 N–H and O–H groups in total. The molecular formula is C26H33N3O4S. The van der Waals surface area contributed by atoms with Crippen LogP contribution in [0.3, 0.4) is 0 Å². The van der Waals surface area contributed by atoms with Crippen molar-refractivity contribution in [2.75, 3.05) is 25.0 Å². The van der Waals surface area contributed by atoms with Gasteiger partial charge in [0.25, 0.3) is 0 Å². The number of hydrogen-bond donors (Lipinski definition) is 1. The van der Waals surface area contributed by atoms with E-state index in [1.54, 1.807) is 45.6 Å². The van der Waals surface area contributed by atoms with Crippen LogP contribution >= 0.6 is 0 Å². The van der Waals surface area contributed by atoms with Gasteiger partial charge in [-0.1, -0.05) is 37.1 Å². The molecule has 0 radical (unpaired) electrons. The van der Waals surface area contributed by atoms with E-state index in [0.29, 0.717) is 31.9 Å². The van der Waals surface area contributed by atoms with Crippen LogP contribution in [0.2, 0.25) is 0 Å². The normalized spacial score (nSPS) is 15.1. The third kappa shape index (κ3) is 7.01. The fourth-order valence-electron chi connectivity index (χ4n) is 3.95. The number of hydrogen-bond acceptors (Lipinski definition) is 4. The number of carbonyl (C=O) groups excluding carboxylic acids is 2. The van der Waals surface area contributed by atoms with Gasteiger partial charge in [0, 0.05) is 44.9 Å². The first kappa shape index (κ1) is 25.6. The first-order valence-electron chi connectivity index (χ1n) is 11.7. The molecule has 7 nitrogen and oxygen atoms in total. The molecule has 34 heavy (non-hydrogen) atoms. The van der Waals surface area contributed by atoms with Crippen LogP contribution in [0.4, 0.5) is 5.69 Å². The maximum absolute atomic E-state index is 12.9. The Morgan fingerprint density at radius 1 is 1.03 bits per heavy atom. The van der Waals surface area contributed by atoms with E-state index in [9.17, 15) is 18.0 Å². The predicted octanol–water partition coefficient (Wildman–Crippen LogP) is 4.27. The number of rotatable bonds is 8. The third-order valence-electron chi connectivity index (χ3n) is 5.91. The number of benzene rings is 2. The van der Waals surface area contributed by atoms with Crippen molar-refractivity contribution in [3.63, 3.8) is 0 Å². The van der Waals surface area contributed by atoms with Crippen LogP contribution in [-0.2, 0) is 26.2 Å². The first-order chi connectivity index (χ1) is 16.3. The van der Waals surface area contributed by atoms with Gasteiger partial charge in [0.05, 0.1) is 4.90 Å². The smallest absolute Gasteiger partial charge is 0.248 e. The van der Waals surface area contributed by atoms with Gasteiger partial charge in [-0.25, -0.2) is 8.42 Å². The van der Waals surface area contributed by atoms with Gasteiger partial charge in [-0.15, -0.1) is 0 Å². The van der Waals surface area contributed by atoms with Crippen molar-refractivity contribution in [3.05, 3.63) is 65.7 Å². The van der Waals surface area contributed by atoms with E-state index in [2.05, 4.69) is 5.32 Å². The molecule has 0 aromatic heterocycles. The molecular weight excluding hydrogens is 450 g/mol. The second kappa shape index (κ2) is 11.9. The fraction of sp³-hybridized carbons (Fsp3) is 0.385. The van der Waals surface area contributed by atoms with Crippen molar-refractivity contribution in [3.8, 4) is 0 Å². The Kier molecular flexibility index (Phi) is 9.01. The van der Waals surface area contributed by atoms with Gasteiger partial charge in [-0.05, 0) is 61.2 Å². The molecule has 0 saturated carbocycles. The lowest BCUT2D eigenvalue weighted by Gasteiger charge is -2.19. The van der Waals surface area contributed by atoms with Gasteiger partial charge in [-0.2, -0.15) is 4.31 Å². The van der Waals surface area contributed by atoms with Crippen molar-refractivity contribution in [1.29, 1.82) is 0 Å². The number of amides is 2. The van der Waals surface area contributed by atoms with Crippen molar-refractivity contribution in [2.45, 2.75) is 51.0 Å². The summed E-state index contributed by atoms with van der Waals surface area (Å²) in [6, 6.07) is 14.0. The average Bonchev–Trinajstić information content (AvgIpc) is 3.12. The molecule has 0 spiro atoms. The third-order valence-corrected chi connectivity index (χ3v) is 7.82. The number of nitrogens with zero attached hydrogens (tertiary/aromatic N) is 2. The highest BCUT2D eigenvalue weighted by Crippen LogP contribution is 2.21. The lowest BCUT2D eigenvalue weighted by atomic mass is 10.1. The molecule has 2 amide bonds. The maximum Gasteiger partial charge on any atom is 0.248 e. The molecule has 2 aromatic carbocycles. The number of nitrogens with one attached hydrogen (secondary N) is 1. The summed E-state index contributed by atoms with van der Waals surface area (Å²) in [4.78, 5) is 26.0. The molecule has 1 saturated heterocycles.